The van der Waals surface area contributed by atoms with Crippen LogP contribution in [0.5, 0.6) is 0 Å². The highest BCUT2D eigenvalue weighted by molar-refractivity contribution is 8.00. The van der Waals surface area contributed by atoms with Crippen molar-refractivity contribution in [3.63, 3.8) is 0 Å². The summed E-state index contributed by atoms with van der Waals surface area (Å²) in [5.41, 5.74) is 4.07. The SMILES string of the molecule is O=C(O)C(CSC(c1ccccc1)(c1ccccc1)c1ccccc1)NS(=O)(=O)c1ccc2oc3ccccc3c2c1. The number of fused-ring (bicyclic) bond motifs is 3. The number of carbonyl (C=O) groups is 1. The Morgan fingerprint density at radius 2 is 1.21 bits per heavy atom. The monoisotopic (exact) mass is 593 g/mol. The predicted octanol–water partition coefficient (Wildman–Crippen LogP) is 7.04. The van der Waals surface area contributed by atoms with Crippen molar-refractivity contribution >= 4 is 49.7 Å². The lowest BCUT2D eigenvalue weighted by molar-refractivity contribution is -0.138. The van der Waals surface area contributed by atoms with Crippen molar-refractivity contribution in [2.24, 2.45) is 0 Å². The zero-order valence-corrected chi connectivity index (χ0v) is 24.0. The number of nitrogens with one attached hydrogen (secondary N) is 1. The molecule has 6 rings (SSSR count). The molecule has 8 heteroatoms. The highest BCUT2D eigenvalue weighted by Gasteiger charge is 2.39. The summed E-state index contributed by atoms with van der Waals surface area (Å²) in [4.78, 5) is 12.5. The molecule has 0 spiro atoms. The predicted molar refractivity (Wildman–Crippen MR) is 167 cm³/mol. The molecule has 0 aliphatic rings. The van der Waals surface area contributed by atoms with Crippen LogP contribution in [0.3, 0.4) is 0 Å². The number of rotatable bonds is 10. The van der Waals surface area contributed by atoms with E-state index in [1.165, 1.54) is 23.9 Å². The molecule has 6 nitrogen and oxygen atoms in total. The average Bonchev–Trinajstić information content (AvgIpc) is 3.40. The summed E-state index contributed by atoms with van der Waals surface area (Å²) in [6.07, 6.45) is 0. The number of carboxylic acid groups (broad SMARTS) is 1. The van der Waals surface area contributed by atoms with E-state index in [-0.39, 0.29) is 10.6 Å². The van der Waals surface area contributed by atoms with E-state index in [0.29, 0.717) is 16.6 Å². The summed E-state index contributed by atoms with van der Waals surface area (Å²) >= 11 is 1.38. The summed E-state index contributed by atoms with van der Waals surface area (Å²) < 4.78 is 34.6. The van der Waals surface area contributed by atoms with Gasteiger partial charge in [-0.15, -0.1) is 11.8 Å². The van der Waals surface area contributed by atoms with Crippen LogP contribution in [-0.4, -0.2) is 31.3 Å². The molecule has 0 aliphatic heterocycles. The van der Waals surface area contributed by atoms with E-state index in [0.717, 1.165) is 22.1 Å². The highest BCUT2D eigenvalue weighted by atomic mass is 32.2. The maximum atomic E-state index is 13.6. The number of thioether (sulfide) groups is 1. The van der Waals surface area contributed by atoms with E-state index in [4.69, 9.17) is 4.42 Å². The second-order valence-corrected chi connectivity index (χ2v) is 12.8. The first-order valence-electron chi connectivity index (χ1n) is 13.4. The maximum absolute atomic E-state index is 13.6. The van der Waals surface area contributed by atoms with E-state index in [1.807, 2.05) is 115 Å². The molecule has 0 aliphatic carbocycles. The number of furan rings is 1. The van der Waals surface area contributed by atoms with Crippen LogP contribution >= 0.6 is 11.8 Å². The largest absolute Gasteiger partial charge is 0.480 e. The van der Waals surface area contributed by atoms with Gasteiger partial charge in [0, 0.05) is 16.5 Å². The van der Waals surface area contributed by atoms with Gasteiger partial charge in [-0.1, -0.05) is 109 Å². The quantitative estimate of drug-likeness (QED) is 0.165. The molecule has 5 aromatic carbocycles. The molecule has 1 aromatic heterocycles. The Labute approximate surface area is 248 Å². The van der Waals surface area contributed by atoms with E-state index in [1.54, 1.807) is 6.07 Å². The van der Waals surface area contributed by atoms with Crippen LogP contribution in [0.4, 0.5) is 0 Å². The van der Waals surface area contributed by atoms with Gasteiger partial charge in [0.15, 0.2) is 0 Å². The van der Waals surface area contributed by atoms with Gasteiger partial charge in [-0.25, -0.2) is 8.42 Å². The Kier molecular flexibility index (Phi) is 7.60. The molecule has 42 heavy (non-hydrogen) atoms. The van der Waals surface area contributed by atoms with Gasteiger partial charge in [0.25, 0.3) is 0 Å². The van der Waals surface area contributed by atoms with Gasteiger partial charge in [-0.05, 0) is 41.0 Å². The number of benzene rings is 5. The number of carboxylic acids is 1. The van der Waals surface area contributed by atoms with Gasteiger partial charge in [0.1, 0.15) is 17.2 Å². The first kappa shape index (κ1) is 27.8. The van der Waals surface area contributed by atoms with Crippen molar-refractivity contribution in [2.45, 2.75) is 15.7 Å². The minimum absolute atomic E-state index is 0.0294. The van der Waals surface area contributed by atoms with Gasteiger partial charge in [-0.2, -0.15) is 4.72 Å². The zero-order valence-electron chi connectivity index (χ0n) is 22.4. The van der Waals surface area contributed by atoms with Crippen LogP contribution in [0.15, 0.2) is 143 Å². The highest BCUT2D eigenvalue weighted by Crippen LogP contribution is 2.48. The first-order chi connectivity index (χ1) is 20.4. The Morgan fingerprint density at radius 1 is 0.714 bits per heavy atom. The Balaban J connectivity index is 1.37. The molecule has 6 aromatic rings. The van der Waals surface area contributed by atoms with Crippen LogP contribution in [0, 0.1) is 0 Å². The van der Waals surface area contributed by atoms with E-state index >= 15 is 0 Å². The molecule has 0 fully saturated rings. The molecule has 0 radical (unpaired) electrons. The lowest BCUT2D eigenvalue weighted by Gasteiger charge is -2.36. The van der Waals surface area contributed by atoms with Gasteiger partial charge in [-0.3, -0.25) is 4.79 Å². The standard InChI is InChI=1S/C34H27NO5S2/c36-33(37)30(35-42(38,39)27-20-21-32-29(22-27)28-18-10-11-19-31(28)40-32)23-41-34(24-12-4-1-5-13-24,25-14-6-2-7-15-25)26-16-8-3-9-17-26/h1-22,30,35H,23H2,(H,36,37). The molecule has 210 valence electrons. The number of sulfonamides is 1. The van der Waals surface area contributed by atoms with Crippen LogP contribution in [0.1, 0.15) is 16.7 Å². The summed E-state index contributed by atoms with van der Waals surface area (Å²) in [7, 11) is -4.19. The smallest absolute Gasteiger partial charge is 0.322 e. The van der Waals surface area contributed by atoms with Gasteiger partial charge >= 0.3 is 5.97 Å². The third kappa shape index (κ3) is 5.20. The summed E-state index contributed by atoms with van der Waals surface area (Å²) in [5, 5.41) is 11.6. The molecule has 1 heterocycles. The lowest BCUT2D eigenvalue weighted by atomic mass is 9.84. The normalized spacial score (nSPS) is 12.9. The second kappa shape index (κ2) is 11.5. The molecule has 1 atom stereocenters. The molecule has 0 amide bonds. The minimum atomic E-state index is -4.19. The molecule has 0 saturated heterocycles. The summed E-state index contributed by atoms with van der Waals surface area (Å²) in [5.74, 6) is -1.30. The average molecular weight is 594 g/mol. The fraction of sp³-hybridized carbons (Fsp3) is 0.0882. The molecular formula is C34H27NO5S2. The van der Waals surface area contributed by atoms with Crippen molar-refractivity contribution in [1.82, 2.24) is 4.72 Å². The van der Waals surface area contributed by atoms with Gasteiger partial charge < -0.3 is 9.52 Å². The maximum Gasteiger partial charge on any atom is 0.322 e. The fourth-order valence-electron chi connectivity index (χ4n) is 5.26. The van der Waals surface area contributed by atoms with Crippen molar-refractivity contribution in [1.29, 1.82) is 0 Å². The topological polar surface area (TPSA) is 96.6 Å². The van der Waals surface area contributed by atoms with Crippen LogP contribution < -0.4 is 4.72 Å². The number of hydrogen-bond donors (Lipinski definition) is 2. The summed E-state index contributed by atoms with van der Waals surface area (Å²) in [6.45, 7) is 0. The van der Waals surface area contributed by atoms with Crippen molar-refractivity contribution in [2.75, 3.05) is 5.75 Å². The van der Waals surface area contributed by atoms with Gasteiger partial charge in [0.05, 0.1) is 9.64 Å². The van der Waals surface area contributed by atoms with Crippen molar-refractivity contribution in [3.8, 4) is 0 Å². The van der Waals surface area contributed by atoms with Crippen LogP contribution in [0.25, 0.3) is 21.9 Å². The molecule has 1 unspecified atom stereocenters. The Morgan fingerprint density at radius 3 is 1.76 bits per heavy atom. The number of hydrogen-bond acceptors (Lipinski definition) is 5. The third-order valence-corrected chi connectivity index (χ3v) is 10.4. The number of para-hydroxylation sites is 1. The van der Waals surface area contributed by atoms with E-state index < -0.39 is 26.8 Å². The van der Waals surface area contributed by atoms with Crippen molar-refractivity contribution in [3.05, 3.63) is 150 Å². The molecule has 2 N–H and O–H groups in total. The molecular weight excluding hydrogens is 567 g/mol. The van der Waals surface area contributed by atoms with Crippen LogP contribution in [-0.2, 0) is 19.6 Å². The summed E-state index contributed by atoms with van der Waals surface area (Å²) in [6, 6.07) is 40.1. The Bertz CT molecular complexity index is 1860. The van der Waals surface area contributed by atoms with Crippen LogP contribution in [0.2, 0.25) is 0 Å². The lowest BCUT2D eigenvalue weighted by Crippen LogP contribution is -2.43. The molecule has 0 bridgehead atoms. The third-order valence-electron chi connectivity index (χ3n) is 7.26. The minimum Gasteiger partial charge on any atom is -0.480 e. The fourth-order valence-corrected chi connectivity index (χ4v) is 8.13. The Hall–Kier alpha value is -4.37. The van der Waals surface area contributed by atoms with E-state index in [2.05, 4.69) is 4.72 Å². The molecule has 0 saturated carbocycles. The van der Waals surface area contributed by atoms with Crippen molar-refractivity contribution < 1.29 is 22.7 Å². The zero-order chi connectivity index (χ0) is 29.2. The van der Waals surface area contributed by atoms with E-state index in [9.17, 15) is 18.3 Å². The van der Waals surface area contributed by atoms with Gasteiger partial charge in [0.2, 0.25) is 10.0 Å². The first-order valence-corrected chi connectivity index (χ1v) is 15.8. The second-order valence-electron chi connectivity index (χ2n) is 9.86. The number of aliphatic carboxylic acids is 1.